The van der Waals surface area contributed by atoms with Gasteiger partial charge in [-0.3, -0.25) is 0 Å². The van der Waals surface area contributed by atoms with E-state index in [1.165, 1.54) is 6.08 Å². The number of carboxylic acids is 1. The van der Waals surface area contributed by atoms with Crippen LogP contribution in [0.1, 0.15) is 28.5 Å². The lowest BCUT2D eigenvalue weighted by Crippen LogP contribution is -2.13. The highest BCUT2D eigenvalue weighted by atomic mass is 35.5. The highest BCUT2D eigenvalue weighted by molar-refractivity contribution is 6.31. The number of ether oxygens (including phenoxy) is 2. The zero-order chi connectivity index (χ0) is 24.6. The first-order chi connectivity index (χ1) is 17.0. The van der Waals surface area contributed by atoms with Crippen molar-refractivity contribution >= 4 is 46.7 Å². The van der Waals surface area contributed by atoms with Crippen molar-refractivity contribution in [2.45, 2.75) is 6.10 Å². The summed E-state index contributed by atoms with van der Waals surface area (Å²) in [5.74, 6) is -0.423. The van der Waals surface area contributed by atoms with Gasteiger partial charge >= 0.3 is 5.97 Å². The lowest BCUT2D eigenvalue weighted by atomic mass is 10.1. The van der Waals surface area contributed by atoms with E-state index in [2.05, 4.69) is 4.98 Å². The average Bonchev–Trinajstić information content (AvgIpc) is 2.87. The Balaban J connectivity index is 1.48. The van der Waals surface area contributed by atoms with Gasteiger partial charge in [-0.25, -0.2) is 9.78 Å². The molecule has 4 rings (SSSR count). The van der Waals surface area contributed by atoms with Crippen molar-refractivity contribution in [3.8, 4) is 5.75 Å². The molecule has 1 aromatic heterocycles. The van der Waals surface area contributed by atoms with Crippen molar-refractivity contribution in [1.29, 1.82) is 0 Å². The lowest BCUT2D eigenvalue weighted by molar-refractivity contribution is -0.131. The van der Waals surface area contributed by atoms with Gasteiger partial charge in [-0.05, 0) is 53.6 Å². The number of carbonyl (C=O) groups is 1. The number of hydrogen-bond donors (Lipinski definition) is 1. The second kappa shape index (κ2) is 11.5. The van der Waals surface area contributed by atoms with E-state index in [-0.39, 0.29) is 12.7 Å². The summed E-state index contributed by atoms with van der Waals surface area (Å²) in [5, 5.41) is 10.6. The fourth-order valence-electron chi connectivity index (χ4n) is 3.62. The van der Waals surface area contributed by atoms with Crippen LogP contribution in [0.5, 0.6) is 5.75 Å². The van der Waals surface area contributed by atoms with Crippen molar-refractivity contribution < 1.29 is 19.4 Å². The van der Waals surface area contributed by atoms with E-state index in [9.17, 15) is 4.79 Å². The monoisotopic (exact) mass is 485 g/mol. The van der Waals surface area contributed by atoms with E-state index in [4.69, 9.17) is 26.2 Å². The van der Waals surface area contributed by atoms with Crippen LogP contribution in [0.2, 0.25) is 5.02 Å². The molecular weight excluding hydrogens is 462 g/mol. The zero-order valence-corrected chi connectivity index (χ0v) is 19.9. The van der Waals surface area contributed by atoms with Gasteiger partial charge in [0.2, 0.25) is 0 Å². The van der Waals surface area contributed by atoms with Crippen molar-refractivity contribution in [2.24, 2.45) is 0 Å². The minimum atomic E-state index is -1.01. The third-order valence-electron chi connectivity index (χ3n) is 5.40. The average molecular weight is 486 g/mol. The molecule has 35 heavy (non-hydrogen) atoms. The van der Waals surface area contributed by atoms with Crippen LogP contribution in [0.25, 0.3) is 29.1 Å². The fraction of sp³-hybridized carbons (Fsp3) is 0.103. The van der Waals surface area contributed by atoms with Gasteiger partial charge in [-0.1, -0.05) is 66.2 Å². The molecule has 1 atom stereocenters. The molecule has 5 nitrogen and oxygen atoms in total. The number of para-hydroxylation sites is 1. The largest absolute Gasteiger partial charge is 0.490 e. The Morgan fingerprint density at radius 1 is 1.00 bits per heavy atom. The number of carboxylic acid groups (broad SMARTS) is 1. The van der Waals surface area contributed by atoms with Crippen molar-refractivity contribution in [3.05, 3.63) is 112 Å². The molecule has 0 bridgehead atoms. The first-order valence-corrected chi connectivity index (χ1v) is 11.4. The Hall–Kier alpha value is -3.93. The number of methoxy groups -OCH3 is 1. The Morgan fingerprint density at radius 2 is 1.83 bits per heavy atom. The Bertz CT molecular complexity index is 1400. The van der Waals surface area contributed by atoms with Gasteiger partial charge in [0, 0.05) is 29.2 Å². The predicted molar refractivity (Wildman–Crippen MR) is 140 cm³/mol. The third-order valence-corrected chi connectivity index (χ3v) is 5.64. The minimum absolute atomic E-state index is 0.272. The molecule has 0 aliphatic carbocycles. The highest BCUT2D eigenvalue weighted by Crippen LogP contribution is 2.25. The van der Waals surface area contributed by atoms with Crippen LogP contribution in [-0.4, -0.2) is 29.8 Å². The number of rotatable bonds is 9. The molecule has 0 aliphatic rings. The summed E-state index contributed by atoms with van der Waals surface area (Å²) in [4.78, 5) is 15.5. The molecule has 0 saturated carbocycles. The number of halogens is 1. The first kappa shape index (κ1) is 24.2. The molecule has 0 spiro atoms. The summed E-state index contributed by atoms with van der Waals surface area (Å²) in [6, 6.07) is 25.0. The maximum atomic E-state index is 10.9. The van der Waals surface area contributed by atoms with Gasteiger partial charge in [0.05, 0.1) is 11.2 Å². The quantitative estimate of drug-likeness (QED) is 0.260. The molecule has 0 radical (unpaired) electrons. The van der Waals surface area contributed by atoms with Crippen molar-refractivity contribution in [3.63, 3.8) is 0 Å². The van der Waals surface area contributed by atoms with E-state index in [0.717, 1.165) is 33.8 Å². The van der Waals surface area contributed by atoms with Crippen LogP contribution in [0.4, 0.5) is 0 Å². The fourth-order valence-corrected chi connectivity index (χ4v) is 3.79. The molecule has 1 unspecified atom stereocenters. The molecule has 0 amide bonds. The van der Waals surface area contributed by atoms with E-state index < -0.39 is 5.97 Å². The number of aliphatic carboxylic acids is 1. The van der Waals surface area contributed by atoms with E-state index in [0.29, 0.717) is 16.3 Å². The number of hydrogen-bond acceptors (Lipinski definition) is 4. The maximum Gasteiger partial charge on any atom is 0.328 e. The molecule has 1 N–H and O–H groups in total. The Kier molecular flexibility index (Phi) is 7.93. The van der Waals surface area contributed by atoms with E-state index >= 15 is 0 Å². The normalized spacial score (nSPS) is 12.4. The maximum absolute atomic E-state index is 10.9. The van der Waals surface area contributed by atoms with Crippen LogP contribution >= 0.6 is 11.6 Å². The summed E-state index contributed by atoms with van der Waals surface area (Å²) in [6.07, 6.45) is 6.26. The standard InChI is InChI=1S/C29H24ClNO4/c1-34-28(19-35-27-8-3-2-6-22(27)12-16-29(32)33)23-7-4-5-20(17-23)9-14-25-15-11-21-10-13-24(30)18-26(21)31-25/h2-18,28H,19H2,1H3,(H,32,33)/b14-9+,16-12?. The van der Waals surface area contributed by atoms with E-state index in [1.54, 1.807) is 19.2 Å². The summed E-state index contributed by atoms with van der Waals surface area (Å²) >= 11 is 6.10. The number of nitrogens with zero attached hydrogens (tertiary/aromatic N) is 1. The molecule has 3 aromatic carbocycles. The molecule has 0 fully saturated rings. The number of benzene rings is 3. The summed E-state index contributed by atoms with van der Waals surface area (Å²) in [7, 11) is 1.64. The second-order valence-electron chi connectivity index (χ2n) is 7.82. The molecule has 1 heterocycles. The van der Waals surface area contributed by atoms with Gasteiger partial charge < -0.3 is 14.6 Å². The van der Waals surface area contributed by atoms with Gasteiger partial charge in [0.15, 0.2) is 0 Å². The van der Waals surface area contributed by atoms with Crippen LogP contribution < -0.4 is 4.74 Å². The van der Waals surface area contributed by atoms with Gasteiger partial charge in [0.25, 0.3) is 0 Å². The SMILES string of the molecule is COC(COc1ccccc1C=CC(=O)O)c1cccc(/C=C/c2ccc3ccc(Cl)cc3n2)c1. The van der Waals surface area contributed by atoms with Crippen LogP contribution in [0.3, 0.4) is 0 Å². The van der Waals surface area contributed by atoms with Gasteiger partial charge in [-0.15, -0.1) is 0 Å². The number of aromatic nitrogens is 1. The zero-order valence-electron chi connectivity index (χ0n) is 19.1. The van der Waals surface area contributed by atoms with Crippen LogP contribution in [0, 0.1) is 0 Å². The van der Waals surface area contributed by atoms with Gasteiger partial charge in [-0.2, -0.15) is 0 Å². The van der Waals surface area contributed by atoms with Crippen LogP contribution in [0.15, 0.2) is 84.9 Å². The molecule has 0 saturated heterocycles. The highest BCUT2D eigenvalue weighted by Gasteiger charge is 2.13. The van der Waals surface area contributed by atoms with Crippen LogP contribution in [-0.2, 0) is 9.53 Å². The lowest BCUT2D eigenvalue weighted by Gasteiger charge is -2.18. The van der Waals surface area contributed by atoms with Crippen molar-refractivity contribution in [2.75, 3.05) is 13.7 Å². The third kappa shape index (κ3) is 6.57. The summed E-state index contributed by atoms with van der Waals surface area (Å²) in [6.45, 7) is 0.272. The second-order valence-corrected chi connectivity index (χ2v) is 8.26. The summed E-state index contributed by atoms with van der Waals surface area (Å²) in [5.41, 5.74) is 4.34. The number of fused-ring (bicyclic) bond motifs is 1. The van der Waals surface area contributed by atoms with Gasteiger partial charge in [0.1, 0.15) is 18.5 Å². The smallest absolute Gasteiger partial charge is 0.328 e. The predicted octanol–water partition coefficient (Wildman–Crippen LogP) is 6.92. The Morgan fingerprint density at radius 3 is 2.66 bits per heavy atom. The van der Waals surface area contributed by atoms with Crippen molar-refractivity contribution in [1.82, 2.24) is 4.98 Å². The Labute approximate surface area is 208 Å². The first-order valence-electron chi connectivity index (χ1n) is 11.0. The van der Waals surface area contributed by atoms with E-state index in [1.807, 2.05) is 78.9 Å². The number of pyridine rings is 1. The minimum Gasteiger partial charge on any atom is -0.490 e. The topological polar surface area (TPSA) is 68.7 Å². The summed E-state index contributed by atoms with van der Waals surface area (Å²) < 4.78 is 11.7. The molecule has 4 aromatic rings. The molecule has 176 valence electrons. The molecular formula is C29H24ClNO4. The molecule has 6 heteroatoms. The molecule has 0 aliphatic heterocycles.